The molecule has 1 aromatic carbocycles. The van der Waals surface area contributed by atoms with Gasteiger partial charge in [0.15, 0.2) is 5.79 Å². The van der Waals surface area contributed by atoms with Crippen molar-refractivity contribution < 1.29 is 9.47 Å². The van der Waals surface area contributed by atoms with Crippen LogP contribution in [-0.4, -0.2) is 18.5 Å². The van der Waals surface area contributed by atoms with Crippen molar-refractivity contribution in [2.24, 2.45) is 0 Å². The van der Waals surface area contributed by atoms with Crippen LogP contribution >= 0.6 is 0 Å². The molecule has 1 saturated heterocycles. The number of rotatable bonds is 2. The Morgan fingerprint density at radius 3 is 2.75 bits per heavy atom. The fourth-order valence-corrected chi connectivity index (χ4v) is 1.82. The quantitative estimate of drug-likeness (QED) is 0.758. The van der Waals surface area contributed by atoms with E-state index in [0.29, 0.717) is 0 Å². The van der Waals surface area contributed by atoms with Crippen molar-refractivity contribution >= 4 is 6.08 Å². The summed E-state index contributed by atoms with van der Waals surface area (Å²) in [6.45, 7) is 4.80. The summed E-state index contributed by atoms with van der Waals surface area (Å²) in [5.41, 5.74) is 1.16. The van der Waals surface area contributed by atoms with Gasteiger partial charge in [-0.2, -0.15) is 0 Å². The lowest BCUT2D eigenvalue weighted by atomic mass is 10.1. The van der Waals surface area contributed by atoms with Crippen LogP contribution in [-0.2, 0) is 9.47 Å². The molecule has 86 valence electrons. The Kier molecular flexibility index (Phi) is 3.42. The second kappa shape index (κ2) is 4.81. The largest absolute Gasteiger partial charge is 0.347 e. The van der Waals surface area contributed by atoms with Gasteiger partial charge in [0, 0.05) is 0 Å². The van der Waals surface area contributed by atoms with E-state index >= 15 is 0 Å². The van der Waals surface area contributed by atoms with Crippen LogP contribution < -0.4 is 0 Å². The number of hydrogen-bond acceptors (Lipinski definition) is 2. The van der Waals surface area contributed by atoms with Crippen molar-refractivity contribution in [2.45, 2.75) is 32.2 Å². The van der Waals surface area contributed by atoms with Crippen molar-refractivity contribution in [3.63, 3.8) is 0 Å². The molecule has 1 aliphatic rings. The first-order valence-corrected chi connectivity index (χ1v) is 5.74. The fraction of sp³-hybridized carbons (Fsp3) is 0.429. The Hall–Kier alpha value is -1.12. The summed E-state index contributed by atoms with van der Waals surface area (Å²) in [7, 11) is 0. The Morgan fingerprint density at radius 2 is 2.06 bits per heavy atom. The van der Waals surface area contributed by atoms with E-state index in [9.17, 15) is 0 Å². The molecule has 1 aromatic rings. The first kappa shape index (κ1) is 11.4. The third kappa shape index (κ3) is 2.94. The molecule has 0 saturated carbocycles. The lowest BCUT2D eigenvalue weighted by Crippen LogP contribution is -2.39. The monoisotopic (exact) mass is 218 g/mol. The molecule has 16 heavy (non-hydrogen) atoms. The summed E-state index contributed by atoms with van der Waals surface area (Å²) in [6.07, 6.45) is 5.25. The van der Waals surface area contributed by atoms with Gasteiger partial charge in [0.2, 0.25) is 0 Å². The van der Waals surface area contributed by atoms with E-state index < -0.39 is 5.79 Å². The zero-order valence-corrected chi connectivity index (χ0v) is 9.85. The Labute approximate surface area is 96.9 Å². The van der Waals surface area contributed by atoms with E-state index in [1.165, 1.54) is 0 Å². The lowest BCUT2D eigenvalue weighted by Gasteiger charge is -2.35. The van der Waals surface area contributed by atoms with Gasteiger partial charge in [-0.15, -0.1) is 0 Å². The SMILES string of the molecule is CC1CCOC(C)(C=Cc2ccccc2)O1. The molecule has 1 aliphatic heterocycles. The second-order valence-corrected chi connectivity index (χ2v) is 4.33. The maximum Gasteiger partial charge on any atom is 0.185 e. The van der Waals surface area contributed by atoms with Gasteiger partial charge in [-0.3, -0.25) is 0 Å². The number of benzene rings is 1. The molecule has 1 fully saturated rings. The van der Waals surface area contributed by atoms with E-state index in [0.717, 1.165) is 18.6 Å². The van der Waals surface area contributed by atoms with Crippen molar-refractivity contribution in [2.75, 3.05) is 6.61 Å². The van der Waals surface area contributed by atoms with Crippen molar-refractivity contribution in [1.29, 1.82) is 0 Å². The second-order valence-electron chi connectivity index (χ2n) is 4.33. The van der Waals surface area contributed by atoms with Crippen LogP contribution in [0.5, 0.6) is 0 Å². The molecule has 0 aromatic heterocycles. The minimum Gasteiger partial charge on any atom is -0.347 e. The zero-order valence-electron chi connectivity index (χ0n) is 9.85. The predicted molar refractivity (Wildman–Crippen MR) is 65.0 cm³/mol. The molecule has 0 aliphatic carbocycles. The summed E-state index contributed by atoms with van der Waals surface area (Å²) in [4.78, 5) is 0. The molecule has 0 radical (unpaired) electrons. The van der Waals surface area contributed by atoms with Gasteiger partial charge in [-0.25, -0.2) is 0 Å². The van der Waals surface area contributed by atoms with Gasteiger partial charge >= 0.3 is 0 Å². The van der Waals surface area contributed by atoms with Gasteiger partial charge in [0.1, 0.15) is 0 Å². The highest BCUT2D eigenvalue weighted by atomic mass is 16.7. The normalized spacial score (nSPS) is 30.8. The van der Waals surface area contributed by atoms with Gasteiger partial charge < -0.3 is 9.47 Å². The average Bonchev–Trinajstić information content (AvgIpc) is 2.28. The summed E-state index contributed by atoms with van der Waals surface area (Å²) < 4.78 is 11.4. The molecule has 1 heterocycles. The van der Waals surface area contributed by atoms with Crippen molar-refractivity contribution in [3.8, 4) is 0 Å². The highest BCUT2D eigenvalue weighted by molar-refractivity contribution is 5.49. The van der Waals surface area contributed by atoms with E-state index in [1.54, 1.807) is 0 Å². The van der Waals surface area contributed by atoms with E-state index in [-0.39, 0.29) is 6.10 Å². The zero-order chi connectivity index (χ0) is 11.4. The maximum absolute atomic E-state index is 5.79. The first-order valence-electron chi connectivity index (χ1n) is 5.74. The molecule has 0 N–H and O–H groups in total. The van der Waals surface area contributed by atoms with Crippen LogP contribution in [0.1, 0.15) is 25.8 Å². The van der Waals surface area contributed by atoms with Crippen molar-refractivity contribution in [3.05, 3.63) is 42.0 Å². The van der Waals surface area contributed by atoms with E-state index in [2.05, 4.69) is 19.1 Å². The standard InChI is InChI=1S/C14H18O2/c1-12-9-11-15-14(2,16-12)10-8-13-6-4-3-5-7-13/h3-8,10,12H,9,11H2,1-2H3. The van der Waals surface area contributed by atoms with Crippen LogP contribution in [0.2, 0.25) is 0 Å². The predicted octanol–water partition coefficient (Wildman–Crippen LogP) is 3.24. The maximum atomic E-state index is 5.79. The molecule has 2 unspecified atom stereocenters. The Morgan fingerprint density at radius 1 is 1.31 bits per heavy atom. The Balaban J connectivity index is 2.05. The third-order valence-electron chi connectivity index (χ3n) is 2.73. The van der Waals surface area contributed by atoms with E-state index in [1.807, 2.05) is 37.3 Å². The van der Waals surface area contributed by atoms with Crippen molar-refractivity contribution in [1.82, 2.24) is 0 Å². The van der Waals surface area contributed by atoms with Crippen LogP contribution in [0.15, 0.2) is 36.4 Å². The van der Waals surface area contributed by atoms with Gasteiger partial charge in [-0.05, 0) is 31.9 Å². The van der Waals surface area contributed by atoms with Crippen LogP contribution in [0.4, 0.5) is 0 Å². The molecular weight excluding hydrogens is 200 g/mol. The molecule has 0 amide bonds. The van der Waals surface area contributed by atoms with Crippen LogP contribution in [0, 0.1) is 0 Å². The van der Waals surface area contributed by atoms with Crippen LogP contribution in [0.25, 0.3) is 6.08 Å². The molecular formula is C14H18O2. The molecule has 0 bridgehead atoms. The molecule has 0 spiro atoms. The third-order valence-corrected chi connectivity index (χ3v) is 2.73. The van der Waals surface area contributed by atoms with E-state index in [4.69, 9.17) is 9.47 Å². The topological polar surface area (TPSA) is 18.5 Å². The minimum absolute atomic E-state index is 0.263. The average molecular weight is 218 g/mol. The first-order chi connectivity index (χ1) is 7.68. The summed E-state index contributed by atoms with van der Waals surface area (Å²) >= 11 is 0. The van der Waals surface area contributed by atoms with Gasteiger partial charge in [0.05, 0.1) is 12.7 Å². The molecule has 2 nitrogen and oxygen atoms in total. The molecule has 2 heteroatoms. The van der Waals surface area contributed by atoms with Gasteiger partial charge in [-0.1, -0.05) is 36.4 Å². The minimum atomic E-state index is -0.576. The summed E-state index contributed by atoms with van der Waals surface area (Å²) in [5, 5.41) is 0. The summed E-state index contributed by atoms with van der Waals surface area (Å²) in [5.74, 6) is -0.576. The Bertz CT molecular complexity index is 358. The highest BCUT2D eigenvalue weighted by Gasteiger charge is 2.29. The number of ether oxygens (including phenoxy) is 2. The highest BCUT2D eigenvalue weighted by Crippen LogP contribution is 2.24. The molecule has 2 atom stereocenters. The van der Waals surface area contributed by atoms with Crippen LogP contribution in [0.3, 0.4) is 0 Å². The summed E-state index contributed by atoms with van der Waals surface area (Å²) in [6, 6.07) is 10.2. The molecule has 2 rings (SSSR count). The fourth-order valence-electron chi connectivity index (χ4n) is 1.82. The number of hydrogen-bond donors (Lipinski definition) is 0. The smallest absolute Gasteiger partial charge is 0.185 e. The lowest BCUT2D eigenvalue weighted by molar-refractivity contribution is -0.250. The van der Waals surface area contributed by atoms with Gasteiger partial charge in [0.25, 0.3) is 0 Å².